The maximum absolute atomic E-state index is 13.8. The van der Waals surface area contributed by atoms with Crippen LogP contribution in [0, 0.1) is 5.92 Å². The molecular weight excluding hydrogens is 454 g/mol. The number of ether oxygens (including phenoxy) is 3. The van der Waals surface area contributed by atoms with Crippen LogP contribution in [-0.4, -0.2) is 66.7 Å². The van der Waals surface area contributed by atoms with E-state index in [-0.39, 0.29) is 17.2 Å². The monoisotopic (exact) mass is 487 g/mol. The lowest BCUT2D eigenvalue weighted by molar-refractivity contribution is -0.124. The zero-order valence-corrected chi connectivity index (χ0v) is 21.2. The minimum Gasteiger partial charge on any atom is -0.493 e. The molecule has 1 fully saturated rings. The predicted octanol–water partition coefficient (Wildman–Crippen LogP) is 3.40. The Morgan fingerprint density at radius 3 is 2.41 bits per heavy atom. The first-order valence-electron chi connectivity index (χ1n) is 11.3. The van der Waals surface area contributed by atoms with Gasteiger partial charge in [0.2, 0.25) is 11.7 Å². The second kappa shape index (κ2) is 12.0. The number of nitrogens with one attached hydrogen (secondary N) is 1. The van der Waals surface area contributed by atoms with E-state index >= 15 is 0 Å². The molecule has 0 bridgehead atoms. The van der Waals surface area contributed by atoms with Crippen LogP contribution in [0.25, 0.3) is 0 Å². The highest BCUT2D eigenvalue weighted by Gasteiger charge is 2.42. The molecule has 0 aliphatic carbocycles. The van der Waals surface area contributed by atoms with Crippen LogP contribution in [0.1, 0.15) is 36.3 Å². The van der Waals surface area contributed by atoms with E-state index in [9.17, 15) is 9.59 Å². The van der Waals surface area contributed by atoms with Gasteiger partial charge in [0.15, 0.2) is 11.5 Å². The third-order valence-electron chi connectivity index (χ3n) is 5.62. The quantitative estimate of drug-likeness (QED) is 0.549. The Kier molecular flexibility index (Phi) is 9.04. The fourth-order valence-electron chi connectivity index (χ4n) is 3.95. The lowest BCUT2D eigenvalue weighted by Gasteiger charge is -2.30. The number of nitrogens with zero attached hydrogens (tertiary/aromatic N) is 2. The van der Waals surface area contributed by atoms with E-state index in [0.717, 1.165) is 12.1 Å². The van der Waals surface area contributed by atoms with Gasteiger partial charge in [0.1, 0.15) is 6.04 Å². The highest BCUT2D eigenvalue weighted by atomic mass is 32.2. The molecule has 184 valence electrons. The fourth-order valence-corrected chi connectivity index (χ4v) is 5.59. The van der Waals surface area contributed by atoms with Gasteiger partial charge in [-0.25, -0.2) is 0 Å². The van der Waals surface area contributed by atoms with Crippen molar-refractivity contribution < 1.29 is 23.8 Å². The van der Waals surface area contributed by atoms with Crippen molar-refractivity contribution in [1.29, 1.82) is 0 Å². The molecule has 2 amide bonds. The van der Waals surface area contributed by atoms with Crippen molar-refractivity contribution in [3.63, 3.8) is 0 Å². The van der Waals surface area contributed by atoms with Crippen molar-refractivity contribution in [2.24, 2.45) is 5.92 Å². The van der Waals surface area contributed by atoms with Gasteiger partial charge in [-0.2, -0.15) is 0 Å². The molecule has 1 aliphatic rings. The van der Waals surface area contributed by atoms with Crippen molar-refractivity contribution in [3.8, 4) is 17.2 Å². The number of hydrogen-bond acceptors (Lipinski definition) is 7. The van der Waals surface area contributed by atoms with Gasteiger partial charge in [-0.15, -0.1) is 11.8 Å². The van der Waals surface area contributed by atoms with Gasteiger partial charge in [-0.1, -0.05) is 19.9 Å². The van der Waals surface area contributed by atoms with Crippen LogP contribution in [-0.2, 0) is 11.2 Å². The standard InChI is InChI=1S/C25H33N3O5S/c1-16(2)12-22-28(25(30)17-13-20(31-3)23(33-5)21(14-17)32-4)19(15-34-22)24(29)27-11-9-18-8-6-7-10-26-18/h6-8,10,13-14,16,19,22H,9,11-12,15H2,1-5H3,(H,27,29). The first-order valence-corrected chi connectivity index (χ1v) is 12.4. The van der Waals surface area contributed by atoms with Gasteiger partial charge in [-0.3, -0.25) is 14.6 Å². The van der Waals surface area contributed by atoms with E-state index in [1.165, 1.54) is 21.3 Å². The first kappa shape index (κ1) is 25.7. The van der Waals surface area contributed by atoms with Gasteiger partial charge in [-0.05, 0) is 36.6 Å². The zero-order valence-electron chi connectivity index (χ0n) is 20.4. The number of amides is 2. The first-order chi connectivity index (χ1) is 16.4. The number of methoxy groups -OCH3 is 3. The van der Waals surface area contributed by atoms with Crippen molar-refractivity contribution in [1.82, 2.24) is 15.2 Å². The molecular formula is C25H33N3O5S. The van der Waals surface area contributed by atoms with Crippen LogP contribution in [0.5, 0.6) is 17.2 Å². The minimum atomic E-state index is -0.566. The molecule has 1 aliphatic heterocycles. The van der Waals surface area contributed by atoms with Crippen molar-refractivity contribution in [2.45, 2.75) is 38.1 Å². The number of hydrogen-bond donors (Lipinski definition) is 1. The molecule has 2 unspecified atom stereocenters. The Morgan fingerprint density at radius 2 is 1.85 bits per heavy atom. The highest BCUT2D eigenvalue weighted by Crippen LogP contribution is 2.40. The lowest BCUT2D eigenvalue weighted by atomic mass is 10.1. The summed E-state index contributed by atoms with van der Waals surface area (Å²) >= 11 is 1.64. The summed E-state index contributed by atoms with van der Waals surface area (Å²) in [5.41, 5.74) is 1.30. The molecule has 9 heteroatoms. The summed E-state index contributed by atoms with van der Waals surface area (Å²) in [5.74, 6) is 1.74. The van der Waals surface area contributed by atoms with Crippen LogP contribution in [0.2, 0.25) is 0 Å². The van der Waals surface area contributed by atoms with Crippen LogP contribution in [0.15, 0.2) is 36.5 Å². The van der Waals surface area contributed by atoms with Gasteiger partial charge in [0, 0.05) is 36.2 Å². The Morgan fingerprint density at radius 1 is 1.15 bits per heavy atom. The maximum atomic E-state index is 13.8. The molecule has 2 heterocycles. The van der Waals surface area contributed by atoms with E-state index in [1.807, 2.05) is 18.2 Å². The average molecular weight is 488 g/mol. The summed E-state index contributed by atoms with van der Waals surface area (Å²) in [7, 11) is 4.54. The van der Waals surface area contributed by atoms with Crippen LogP contribution < -0.4 is 19.5 Å². The minimum absolute atomic E-state index is 0.0990. The van der Waals surface area contributed by atoms with E-state index in [0.29, 0.717) is 47.4 Å². The molecule has 1 saturated heterocycles. The topological polar surface area (TPSA) is 90.0 Å². The fraction of sp³-hybridized carbons (Fsp3) is 0.480. The second-order valence-corrected chi connectivity index (χ2v) is 9.63. The molecule has 1 N–H and O–H groups in total. The number of aromatic nitrogens is 1. The highest BCUT2D eigenvalue weighted by molar-refractivity contribution is 8.00. The molecule has 3 rings (SSSR count). The van der Waals surface area contributed by atoms with Gasteiger partial charge in [0.25, 0.3) is 5.91 Å². The van der Waals surface area contributed by atoms with Gasteiger partial charge < -0.3 is 24.4 Å². The molecule has 0 spiro atoms. The molecule has 2 aromatic rings. The Bertz CT molecular complexity index is 961. The molecule has 1 aromatic carbocycles. The van der Waals surface area contributed by atoms with Crippen LogP contribution in [0.3, 0.4) is 0 Å². The molecule has 34 heavy (non-hydrogen) atoms. The SMILES string of the molecule is COc1cc(C(=O)N2C(CC(C)C)SCC2C(=O)NCCc2ccccn2)cc(OC)c1OC. The van der Waals surface area contributed by atoms with Gasteiger partial charge >= 0.3 is 0 Å². The summed E-state index contributed by atoms with van der Waals surface area (Å²) in [6, 6.07) is 8.41. The predicted molar refractivity (Wildman–Crippen MR) is 133 cm³/mol. The van der Waals surface area contributed by atoms with Crippen LogP contribution in [0.4, 0.5) is 0 Å². The number of thioether (sulfide) groups is 1. The molecule has 0 saturated carbocycles. The smallest absolute Gasteiger partial charge is 0.255 e. The van der Waals surface area contributed by atoms with Crippen molar-refractivity contribution >= 4 is 23.6 Å². The van der Waals surface area contributed by atoms with E-state index < -0.39 is 6.04 Å². The van der Waals surface area contributed by atoms with Crippen LogP contribution >= 0.6 is 11.8 Å². The third kappa shape index (κ3) is 5.94. The Labute approximate surface area is 205 Å². The van der Waals surface area contributed by atoms with Crippen molar-refractivity contribution in [3.05, 3.63) is 47.8 Å². The molecule has 8 nitrogen and oxygen atoms in total. The summed E-state index contributed by atoms with van der Waals surface area (Å²) in [4.78, 5) is 32.9. The number of carbonyl (C=O) groups is 2. The summed E-state index contributed by atoms with van der Waals surface area (Å²) in [5, 5.41) is 2.89. The average Bonchev–Trinajstić information content (AvgIpc) is 3.25. The third-order valence-corrected chi connectivity index (χ3v) is 6.93. The molecule has 1 aromatic heterocycles. The number of carbonyl (C=O) groups excluding carboxylic acids is 2. The van der Waals surface area contributed by atoms with E-state index in [2.05, 4.69) is 24.1 Å². The Hall–Kier alpha value is -2.94. The molecule has 0 radical (unpaired) electrons. The number of rotatable bonds is 10. The Balaban J connectivity index is 1.83. The van der Waals surface area contributed by atoms with Crippen molar-refractivity contribution in [2.75, 3.05) is 33.6 Å². The normalized spacial score (nSPS) is 17.5. The lowest BCUT2D eigenvalue weighted by Crippen LogP contribution is -2.50. The maximum Gasteiger partial charge on any atom is 0.255 e. The largest absolute Gasteiger partial charge is 0.493 e. The van der Waals surface area contributed by atoms with Gasteiger partial charge in [0.05, 0.1) is 26.7 Å². The number of benzene rings is 1. The molecule has 2 atom stereocenters. The number of pyridine rings is 1. The zero-order chi connectivity index (χ0) is 24.7. The summed E-state index contributed by atoms with van der Waals surface area (Å²) in [6.07, 6.45) is 3.15. The van der Waals surface area contributed by atoms with E-state index in [4.69, 9.17) is 14.2 Å². The van der Waals surface area contributed by atoms with E-state index in [1.54, 1.807) is 35.0 Å². The summed E-state index contributed by atoms with van der Waals surface area (Å²) < 4.78 is 16.2. The second-order valence-electron chi connectivity index (χ2n) is 8.42. The summed E-state index contributed by atoms with van der Waals surface area (Å²) in [6.45, 7) is 4.68.